The second-order valence-corrected chi connectivity index (χ2v) is 10.3. The Kier molecular flexibility index (Phi) is 6.64. The van der Waals surface area contributed by atoms with Crippen LogP contribution in [0.5, 0.6) is 0 Å². The fourth-order valence-corrected chi connectivity index (χ4v) is 5.79. The van der Waals surface area contributed by atoms with Crippen molar-refractivity contribution in [2.75, 3.05) is 0 Å². The van der Waals surface area contributed by atoms with Gasteiger partial charge < -0.3 is 9.79 Å². The van der Waals surface area contributed by atoms with Gasteiger partial charge in [0, 0.05) is 6.42 Å². The number of hydrogen-bond donors (Lipinski definition) is 4. The van der Waals surface area contributed by atoms with E-state index < -0.39 is 20.7 Å². The maximum atomic E-state index is 11.4. The van der Waals surface area contributed by atoms with E-state index in [1.54, 1.807) is 0 Å². The quantitative estimate of drug-likeness (QED) is 0.411. The number of benzene rings is 2. The van der Waals surface area contributed by atoms with Gasteiger partial charge in [-0.3, -0.25) is 9.36 Å². The first-order valence-electron chi connectivity index (χ1n) is 7.74. The molecule has 0 bridgehead atoms. The molecule has 0 aliphatic heterocycles. The lowest BCUT2D eigenvalue weighted by Crippen LogP contribution is -2.15. The molecule has 0 fully saturated rings. The van der Waals surface area contributed by atoms with Gasteiger partial charge in [0.25, 0.3) is 0 Å². The Bertz CT molecular complexity index is 739. The van der Waals surface area contributed by atoms with Crippen LogP contribution in [0.2, 0.25) is 0 Å². The van der Waals surface area contributed by atoms with Crippen molar-refractivity contribution in [3.05, 3.63) is 60.2 Å². The maximum absolute atomic E-state index is 11.4. The lowest BCUT2D eigenvalue weighted by atomic mass is 10.0. The Labute approximate surface area is 146 Å². The molecule has 1 unspecified atom stereocenters. The van der Waals surface area contributed by atoms with Crippen LogP contribution in [0.15, 0.2) is 54.6 Å². The second kappa shape index (κ2) is 8.33. The molecule has 8 heteroatoms. The first kappa shape index (κ1) is 19.9. The van der Waals surface area contributed by atoms with Gasteiger partial charge in [0.2, 0.25) is 5.40 Å². The van der Waals surface area contributed by atoms with E-state index in [1.165, 1.54) is 0 Å². The molecule has 0 spiro atoms. The van der Waals surface area contributed by atoms with Crippen LogP contribution in [0.4, 0.5) is 0 Å². The zero-order chi connectivity index (χ0) is 18.5. The first-order valence-corrected chi connectivity index (χ1v) is 11.3. The molecule has 0 saturated carbocycles. The Morgan fingerprint density at radius 1 is 0.960 bits per heavy atom. The SMILES string of the molecule is O=C[P+](O)(O)C(CCCc1ccc(-c2ccccc2)cc1)P(=O)(O)O. The largest absolute Gasteiger partial charge is 0.371 e. The van der Waals surface area contributed by atoms with Crippen LogP contribution >= 0.6 is 15.3 Å². The predicted octanol–water partition coefficient (Wildman–Crippen LogP) is 3.20. The smallest absolute Gasteiger partial charge is 0.322 e. The Hall–Kier alpha value is -1.39. The lowest BCUT2D eigenvalue weighted by Gasteiger charge is -2.19. The van der Waals surface area contributed by atoms with Gasteiger partial charge >= 0.3 is 21.3 Å². The summed E-state index contributed by atoms with van der Waals surface area (Å²) in [7, 11) is -9.03. The summed E-state index contributed by atoms with van der Waals surface area (Å²) in [6.45, 7) is 0. The van der Waals surface area contributed by atoms with Crippen molar-refractivity contribution < 1.29 is 28.9 Å². The Morgan fingerprint density at radius 3 is 2.04 bits per heavy atom. The molecule has 0 aliphatic carbocycles. The molecule has 25 heavy (non-hydrogen) atoms. The average Bonchev–Trinajstić information content (AvgIpc) is 2.59. The summed E-state index contributed by atoms with van der Waals surface area (Å²) < 4.78 is 11.4. The van der Waals surface area contributed by atoms with Gasteiger partial charge in [0.1, 0.15) is 0 Å². The summed E-state index contributed by atoms with van der Waals surface area (Å²) in [6.07, 6.45) is 0.714. The third kappa shape index (κ3) is 5.55. The highest BCUT2D eigenvalue weighted by atomic mass is 31.3. The fraction of sp³-hybridized carbons (Fsp3) is 0.235. The van der Waals surface area contributed by atoms with E-state index in [4.69, 9.17) is 0 Å². The van der Waals surface area contributed by atoms with Gasteiger partial charge in [0.15, 0.2) is 0 Å². The zero-order valence-corrected chi connectivity index (χ0v) is 15.3. The Balaban J connectivity index is 1.99. The molecule has 1 atom stereocenters. The number of hydrogen-bond acceptors (Lipinski definition) is 4. The van der Waals surface area contributed by atoms with E-state index in [0.29, 0.717) is 12.8 Å². The Morgan fingerprint density at radius 2 is 1.52 bits per heavy atom. The van der Waals surface area contributed by atoms with E-state index in [9.17, 15) is 28.9 Å². The molecule has 6 nitrogen and oxygen atoms in total. The van der Waals surface area contributed by atoms with Crippen LogP contribution in [0.25, 0.3) is 11.1 Å². The van der Waals surface area contributed by atoms with E-state index in [2.05, 4.69) is 0 Å². The van der Waals surface area contributed by atoms with Gasteiger partial charge in [-0.1, -0.05) is 54.6 Å². The average molecular weight is 383 g/mol. The highest BCUT2D eigenvalue weighted by molar-refractivity contribution is 7.87. The molecule has 0 heterocycles. The molecule has 4 N–H and O–H groups in total. The second-order valence-electron chi connectivity index (χ2n) is 5.83. The molecule has 0 radical (unpaired) electrons. The van der Waals surface area contributed by atoms with Crippen molar-refractivity contribution in [2.45, 2.75) is 24.7 Å². The predicted molar refractivity (Wildman–Crippen MR) is 98.8 cm³/mol. The normalized spacial score (nSPS) is 13.4. The summed E-state index contributed by atoms with van der Waals surface area (Å²) in [5.74, 6) is 0. The van der Waals surface area contributed by atoms with Crippen molar-refractivity contribution in [1.29, 1.82) is 0 Å². The van der Waals surface area contributed by atoms with E-state index in [0.717, 1.165) is 16.7 Å². The van der Waals surface area contributed by atoms with Crippen molar-refractivity contribution >= 4 is 21.3 Å². The van der Waals surface area contributed by atoms with Crippen LogP contribution in [0.1, 0.15) is 18.4 Å². The van der Waals surface area contributed by atoms with Gasteiger partial charge in [-0.25, -0.2) is 9.79 Å². The van der Waals surface area contributed by atoms with Crippen LogP contribution in [-0.4, -0.2) is 31.0 Å². The molecule has 2 rings (SSSR count). The zero-order valence-electron chi connectivity index (χ0n) is 13.5. The van der Waals surface area contributed by atoms with Gasteiger partial charge in [0.05, 0.1) is 0 Å². The maximum Gasteiger partial charge on any atom is 0.371 e. The van der Waals surface area contributed by atoms with Crippen LogP contribution in [0, 0.1) is 0 Å². The number of aryl methyl sites for hydroxylation is 1. The van der Waals surface area contributed by atoms with E-state index in [1.807, 2.05) is 54.6 Å². The van der Waals surface area contributed by atoms with Gasteiger partial charge in [-0.15, -0.1) is 0 Å². The van der Waals surface area contributed by atoms with Crippen LogP contribution in [0.3, 0.4) is 0 Å². The monoisotopic (exact) mass is 383 g/mol. The molecule has 2 aromatic carbocycles. The number of rotatable bonds is 8. The first-order chi connectivity index (χ1) is 11.7. The third-order valence-corrected chi connectivity index (χ3v) is 8.37. The van der Waals surface area contributed by atoms with Gasteiger partial charge in [-0.2, -0.15) is 0 Å². The minimum atomic E-state index is -4.76. The minimum Gasteiger partial charge on any atom is -0.322 e. The summed E-state index contributed by atoms with van der Waals surface area (Å²) in [5, 5.41) is -1.72. The molecule has 134 valence electrons. The van der Waals surface area contributed by atoms with E-state index >= 15 is 0 Å². The van der Waals surface area contributed by atoms with Crippen molar-refractivity contribution in [1.82, 2.24) is 0 Å². The molecular weight excluding hydrogens is 362 g/mol. The third-order valence-electron chi connectivity index (χ3n) is 3.97. The molecular formula is C17H21O6P2+. The van der Waals surface area contributed by atoms with E-state index in [-0.39, 0.29) is 12.4 Å². The summed E-state index contributed by atoms with van der Waals surface area (Å²) >= 11 is 0. The molecule has 0 saturated heterocycles. The number of carbonyl (C=O) groups excluding carboxylic acids is 1. The molecule has 0 aromatic heterocycles. The topological polar surface area (TPSA) is 115 Å². The minimum absolute atomic E-state index is 0.134. The van der Waals surface area contributed by atoms with Crippen LogP contribution in [-0.2, 0) is 15.8 Å². The van der Waals surface area contributed by atoms with Gasteiger partial charge in [-0.05, 0) is 29.5 Å². The van der Waals surface area contributed by atoms with Crippen molar-refractivity contribution in [2.24, 2.45) is 0 Å². The number of carbonyl (C=O) groups is 1. The standard InChI is InChI=1S/C17H20O6P2/c18-13-24(19,20)17(25(21,22)23)8-4-5-14-9-11-16(12-10-14)15-6-2-1-3-7-15/h1-3,6-7,9-13,17,19-20H,4-5,8H2,(H-,21,22,23)/p+1. The van der Waals surface area contributed by atoms with Crippen molar-refractivity contribution in [3.8, 4) is 11.1 Å². The lowest BCUT2D eigenvalue weighted by molar-refractivity contribution is 0.356. The summed E-state index contributed by atoms with van der Waals surface area (Å²) in [5.41, 5.74) is 3.13. The molecule has 0 aliphatic rings. The van der Waals surface area contributed by atoms with Crippen LogP contribution < -0.4 is 0 Å². The fourth-order valence-electron chi connectivity index (χ4n) is 2.63. The molecule has 2 aromatic rings. The highest BCUT2D eigenvalue weighted by Crippen LogP contribution is 2.67. The highest BCUT2D eigenvalue weighted by Gasteiger charge is 2.54. The summed E-state index contributed by atoms with van der Waals surface area (Å²) in [6, 6.07) is 17.5. The van der Waals surface area contributed by atoms with Crippen molar-refractivity contribution in [3.63, 3.8) is 0 Å². The molecule has 0 amide bonds. The summed E-state index contributed by atoms with van der Waals surface area (Å²) in [4.78, 5) is 48.4.